The van der Waals surface area contributed by atoms with Crippen molar-refractivity contribution >= 4 is 52.3 Å². The predicted molar refractivity (Wildman–Crippen MR) is 82.2 cm³/mol. The summed E-state index contributed by atoms with van der Waals surface area (Å²) in [7, 11) is 0. The summed E-state index contributed by atoms with van der Waals surface area (Å²) in [6, 6.07) is 5.75. The topological polar surface area (TPSA) is 85.1 Å². The van der Waals surface area contributed by atoms with Gasteiger partial charge in [-0.3, -0.25) is 9.59 Å². The van der Waals surface area contributed by atoms with Crippen molar-refractivity contribution in [1.82, 2.24) is 4.98 Å². The molecule has 0 aliphatic heterocycles. The highest BCUT2D eigenvalue weighted by atomic mass is 35.5. The molecule has 8 heteroatoms. The molecule has 1 aromatic heterocycles. The number of carbonyl (C=O) groups is 2. The van der Waals surface area contributed by atoms with Gasteiger partial charge in [0.2, 0.25) is 5.91 Å². The van der Waals surface area contributed by atoms with Crippen LogP contribution in [0.4, 0.5) is 5.69 Å². The molecule has 2 rings (SSSR count). The lowest BCUT2D eigenvalue weighted by molar-refractivity contribution is 0.0998. The number of hydrogen-bond acceptors (Lipinski definition) is 3. The molecule has 0 saturated carbocycles. The molecule has 5 nitrogen and oxygen atoms in total. The van der Waals surface area contributed by atoms with E-state index >= 15 is 0 Å². The van der Waals surface area contributed by atoms with E-state index in [1.54, 1.807) is 0 Å². The Bertz CT molecular complexity index is 735. The first-order valence-electron chi connectivity index (χ1n) is 5.60. The molecular weight excluding hydrogens is 337 g/mol. The summed E-state index contributed by atoms with van der Waals surface area (Å²) in [6.45, 7) is 0. The van der Waals surface area contributed by atoms with Crippen molar-refractivity contribution < 1.29 is 9.59 Å². The number of nitrogens with one attached hydrogen (secondary N) is 1. The molecule has 0 atom stereocenters. The van der Waals surface area contributed by atoms with Crippen LogP contribution in [0.3, 0.4) is 0 Å². The molecule has 2 aromatic rings. The smallest absolute Gasteiger partial charge is 0.257 e. The average Bonchev–Trinajstić information content (AvgIpc) is 2.41. The molecule has 21 heavy (non-hydrogen) atoms. The molecule has 2 amide bonds. The van der Waals surface area contributed by atoms with Crippen molar-refractivity contribution in [3.05, 3.63) is 56.8 Å². The van der Waals surface area contributed by atoms with E-state index < -0.39 is 11.8 Å². The number of hydrogen-bond donors (Lipinski definition) is 2. The highest BCUT2D eigenvalue weighted by molar-refractivity contribution is 6.41. The number of amides is 2. The van der Waals surface area contributed by atoms with Crippen LogP contribution < -0.4 is 11.1 Å². The van der Waals surface area contributed by atoms with Crippen molar-refractivity contribution in [2.24, 2.45) is 5.73 Å². The Morgan fingerprint density at radius 3 is 2.38 bits per heavy atom. The van der Waals surface area contributed by atoms with Crippen molar-refractivity contribution in [3.63, 3.8) is 0 Å². The van der Waals surface area contributed by atoms with E-state index in [-0.39, 0.29) is 26.3 Å². The van der Waals surface area contributed by atoms with Crippen molar-refractivity contribution in [2.45, 2.75) is 0 Å². The second-order valence-electron chi connectivity index (χ2n) is 4.01. The molecule has 0 fully saturated rings. The Hall–Kier alpha value is -1.82. The highest BCUT2D eigenvalue weighted by Crippen LogP contribution is 2.23. The average molecular weight is 345 g/mol. The van der Waals surface area contributed by atoms with Crippen LogP contribution in [0.2, 0.25) is 15.2 Å². The lowest BCUT2D eigenvalue weighted by Crippen LogP contribution is -2.14. The molecule has 1 aromatic carbocycles. The summed E-state index contributed by atoms with van der Waals surface area (Å²) in [4.78, 5) is 26.9. The van der Waals surface area contributed by atoms with E-state index in [2.05, 4.69) is 10.3 Å². The third kappa shape index (κ3) is 3.64. The van der Waals surface area contributed by atoms with Gasteiger partial charge in [-0.15, -0.1) is 0 Å². The van der Waals surface area contributed by atoms with Crippen molar-refractivity contribution in [2.75, 3.05) is 5.32 Å². The minimum Gasteiger partial charge on any atom is -0.366 e. The Kier molecular flexibility index (Phi) is 4.67. The second-order valence-corrected chi connectivity index (χ2v) is 5.18. The van der Waals surface area contributed by atoms with Gasteiger partial charge >= 0.3 is 0 Å². The molecule has 0 aliphatic carbocycles. The minimum absolute atomic E-state index is 0.113. The van der Waals surface area contributed by atoms with Crippen LogP contribution >= 0.6 is 34.8 Å². The SMILES string of the molecule is NC(=O)c1ccc(NC(=O)c2cnc(Cl)c(Cl)c2)cc1Cl. The van der Waals surface area contributed by atoms with Gasteiger partial charge in [-0.1, -0.05) is 34.8 Å². The largest absolute Gasteiger partial charge is 0.366 e. The molecule has 0 bridgehead atoms. The van der Waals surface area contributed by atoms with Crippen molar-refractivity contribution in [3.8, 4) is 0 Å². The maximum atomic E-state index is 12.0. The van der Waals surface area contributed by atoms with Crippen LogP contribution in [0, 0.1) is 0 Å². The van der Waals surface area contributed by atoms with E-state index in [0.717, 1.165) is 0 Å². The summed E-state index contributed by atoms with van der Waals surface area (Å²) in [5.41, 5.74) is 5.95. The first-order chi connectivity index (χ1) is 9.88. The standard InChI is InChI=1S/C13H8Cl3N3O2/c14-9-4-7(1-2-8(9)12(17)20)19-13(21)6-3-10(15)11(16)18-5-6/h1-5H,(H2,17,20)(H,19,21). The van der Waals surface area contributed by atoms with E-state index in [0.29, 0.717) is 5.69 Å². The Morgan fingerprint density at radius 1 is 1.10 bits per heavy atom. The summed E-state index contributed by atoms with van der Waals surface area (Å²) in [5, 5.41) is 3.03. The lowest BCUT2D eigenvalue weighted by Gasteiger charge is -2.07. The molecule has 0 unspecified atom stereocenters. The molecule has 0 aliphatic rings. The lowest BCUT2D eigenvalue weighted by atomic mass is 10.2. The van der Waals surface area contributed by atoms with Crippen molar-refractivity contribution in [1.29, 1.82) is 0 Å². The van der Waals surface area contributed by atoms with Gasteiger partial charge < -0.3 is 11.1 Å². The number of anilines is 1. The third-order valence-corrected chi connectivity index (χ3v) is 3.55. The van der Waals surface area contributed by atoms with Crippen LogP contribution in [-0.4, -0.2) is 16.8 Å². The molecule has 108 valence electrons. The maximum absolute atomic E-state index is 12.0. The number of pyridine rings is 1. The number of nitrogens with zero attached hydrogens (tertiary/aromatic N) is 1. The highest BCUT2D eigenvalue weighted by Gasteiger charge is 2.12. The van der Waals surface area contributed by atoms with E-state index in [1.165, 1.54) is 30.5 Å². The normalized spacial score (nSPS) is 10.2. The number of rotatable bonds is 3. The zero-order valence-corrected chi connectivity index (χ0v) is 12.6. The molecule has 0 radical (unpaired) electrons. The zero-order valence-electron chi connectivity index (χ0n) is 10.4. The van der Waals surface area contributed by atoms with Gasteiger partial charge in [0.15, 0.2) is 0 Å². The zero-order chi connectivity index (χ0) is 15.6. The Balaban J connectivity index is 2.21. The fourth-order valence-electron chi connectivity index (χ4n) is 1.54. The quantitative estimate of drug-likeness (QED) is 0.837. The number of halogens is 3. The predicted octanol–water partition coefficient (Wildman–Crippen LogP) is 3.39. The van der Waals surface area contributed by atoms with Crippen LogP contribution in [0.15, 0.2) is 30.5 Å². The summed E-state index contributed by atoms with van der Waals surface area (Å²) in [6.07, 6.45) is 1.29. The van der Waals surface area contributed by atoms with Gasteiger partial charge in [-0.05, 0) is 24.3 Å². The van der Waals surface area contributed by atoms with Gasteiger partial charge in [-0.2, -0.15) is 0 Å². The Morgan fingerprint density at radius 2 is 1.81 bits per heavy atom. The maximum Gasteiger partial charge on any atom is 0.257 e. The first kappa shape index (κ1) is 15.6. The first-order valence-corrected chi connectivity index (χ1v) is 6.73. The van der Waals surface area contributed by atoms with Crippen LogP contribution in [0.25, 0.3) is 0 Å². The molecular formula is C13H8Cl3N3O2. The van der Waals surface area contributed by atoms with Gasteiger partial charge in [0.05, 0.1) is 21.2 Å². The fraction of sp³-hybridized carbons (Fsp3) is 0. The monoisotopic (exact) mass is 343 g/mol. The van der Waals surface area contributed by atoms with Gasteiger partial charge in [0.25, 0.3) is 5.91 Å². The van der Waals surface area contributed by atoms with Gasteiger partial charge in [-0.25, -0.2) is 4.98 Å². The summed E-state index contributed by atoms with van der Waals surface area (Å²) < 4.78 is 0. The van der Waals surface area contributed by atoms with E-state index in [9.17, 15) is 9.59 Å². The number of aromatic nitrogens is 1. The van der Waals surface area contributed by atoms with Crippen LogP contribution in [0.1, 0.15) is 20.7 Å². The molecule has 1 heterocycles. The number of carbonyl (C=O) groups excluding carboxylic acids is 2. The second kappa shape index (κ2) is 6.30. The van der Waals surface area contributed by atoms with Gasteiger partial charge in [0, 0.05) is 11.9 Å². The molecule has 3 N–H and O–H groups in total. The van der Waals surface area contributed by atoms with E-state index in [1.807, 2.05) is 0 Å². The number of primary amides is 1. The number of benzene rings is 1. The molecule has 0 spiro atoms. The van der Waals surface area contributed by atoms with Crippen LogP contribution in [-0.2, 0) is 0 Å². The minimum atomic E-state index is -0.647. The van der Waals surface area contributed by atoms with Crippen LogP contribution in [0.5, 0.6) is 0 Å². The Labute approximate surface area is 135 Å². The van der Waals surface area contributed by atoms with Gasteiger partial charge in [0.1, 0.15) is 5.15 Å². The van der Waals surface area contributed by atoms with E-state index in [4.69, 9.17) is 40.5 Å². The summed E-state index contributed by atoms with van der Waals surface area (Å²) in [5.74, 6) is -1.09. The fourth-order valence-corrected chi connectivity index (χ4v) is 2.08. The number of nitrogens with two attached hydrogens (primary N) is 1. The molecule has 0 saturated heterocycles. The third-order valence-electron chi connectivity index (χ3n) is 2.55. The summed E-state index contributed by atoms with van der Waals surface area (Å²) >= 11 is 17.4.